The van der Waals surface area contributed by atoms with Gasteiger partial charge in [0, 0.05) is 37.0 Å². The Hall–Kier alpha value is -1.67. The van der Waals surface area contributed by atoms with E-state index >= 15 is 0 Å². The van der Waals surface area contributed by atoms with Crippen LogP contribution in [0.1, 0.15) is 5.56 Å². The van der Waals surface area contributed by atoms with Gasteiger partial charge in [-0.3, -0.25) is 0 Å². The molecule has 94 valence electrons. The highest BCUT2D eigenvalue weighted by Gasteiger charge is 1.98. The fraction of sp³-hybridized carbons (Fsp3) is 0.200. The minimum Gasteiger partial charge on any atom is -0.381 e. The maximum Gasteiger partial charge on any atom is 0.0406 e. The first-order chi connectivity index (χ1) is 8.65. The third-order valence-electron chi connectivity index (χ3n) is 2.77. The topological polar surface area (TPSA) is 15.3 Å². The Labute approximate surface area is 113 Å². The normalized spacial score (nSPS) is 10.2. The first-order valence-electron chi connectivity index (χ1n) is 5.91. The molecule has 0 aliphatic heterocycles. The van der Waals surface area contributed by atoms with Crippen LogP contribution in [0.4, 0.5) is 11.4 Å². The molecule has 0 atom stereocenters. The predicted octanol–water partition coefficient (Wildman–Crippen LogP) is 4.02. The highest BCUT2D eigenvalue weighted by molar-refractivity contribution is 6.30. The lowest BCUT2D eigenvalue weighted by molar-refractivity contribution is 1.12. The van der Waals surface area contributed by atoms with Crippen molar-refractivity contribution in [2.75, 3.05) is 24.3 Å². The summed E-state index contributed by atoms with van der Waals surface area (Å²) < 4.78 is 0. The smallest absolute Gasteiger partial charge is 0.0406 e. The van der Waals surface area contributed by atoms with Gasteiger partial charge in [-0.1, -0.05) is 29.8 Å². The Kier molecular flexibility index (Phi) is 4.11. The second-order valence-corrected chi connectivity index (χ2v) is 4.86. The van der Waals surface area contributed by atoms with Gasteiger partial charge >= 0.3 is 0 Å². The minimum atomic E-state index is 0.772. The van der Waals surface area contributed by atoms with Crippen LogP contribution >= 0.6 is 11.6 Å². The zero-order valence-electron chi connectivity index (χ0n) is 10.7. The molecule has 0 aliphatic rings. The Morgan fingerprint density at radius 1 is 1.06 bits per heavy atom. The molecule has 0 spiro atoms. The molecular weight excluding hydrogens is 244 g/mol. The average Bonchev–Trinajstić information content (AvgIpc) is 2.38. The summed E-state index contributed by atoms with van der Waals surface area (Å²) in [4.78, 5) is 2.09. The molecule has 0 heterocycles. The summed E-state index contributed by atoms with van der Waals surface area (Å²) in [6, 6.07) is 16.2. The fourth-order valence-corrected chi connectivity index (χ4v) is 1.83. The van der Waals surface area contributed by atoms with Crippen LogP contribution in [0.15, 0.2) is 48.5 Å². The molecule has 3 heteroatoms. The quantitative estimate of drug-likeness (QED) is 0.893. The van der Waals surface area contributed by atoms with Crippen LogP contribution in [0.25, 0.3) is 0 Å². The summed E-state index contributed by atoms with van der Waals surface area (Å²) in [6.07, 6.45) is 0. The van der Waals surface area contributed by atoms with E-state index in [2.05, 4.69) is 34.5 Å². The number of benzene rings is 2. The highest BCUT2D eigenvalue weighted by Crippen LogP contribution is 2.18. The van der Waals surface area contributed by atoms with Crippen molar-refractivity contribution < 1.29 is 0 Å². The lowest BCUT2D eigenvalue weighted by Gasteiger charge is -2.14. The number of nitrogens with one attached hydrogen (secondary N) is 1. The van der Waals surface area contributed by atoms with E-state index in [0.29, 0.717) is 0 Å². The number of halogens is 1. The van der Waals surface area contributed by atoms with Crippen LogP contribution in [0.3, 0.4) is 0 Å². The standard InChI is InChI=1S/C15H17ClN2/c1-18(2)15-5-3-4-14(10-15)17-11-12-6-8-13(16)9-7-12/h3-10,17H,11H2,1-2H3. The van der Waals surface area contributed by atoms with Gasteiger partial charge in [-0.25, -0.2) is 0 Å². The SMILES string of the molecule is CN(C)c1cccc(NCc2ccc(Cl)cc2)c1. The molecule has 2 aromatic rings. The van der Waals surface area contributed by atoms with Gasteiger partial charge in [-0.15, -0.1) is 0 Å². The largest absolute Gasteiger partial charge is 0.381 e. The zero-order valence-corrected chi connectivity index (χ0v) is 11.4. The second-order valence-electron chi connectivity index (χ2n) is 4.42. The van der Waals surface area contributed by atoms with Gasteiger partial charge in [0.15, 0.2) is 0 Å². The first-order valence-corrected chi connectivity index (χ1v) is 6.28. The van der Waals surface area contributed by atoms with Crippen molar-refractivity contribution in [2.24, 2.45) is 0 Å². The molecular formula is C15H17ClN2. The maximum absolute atomic E-state index is 5.86. The Bertz CT molecular complexity index is 506. The number of rotatable bonds is 4. The molecule has 0 aromatic heterocycles. The van der Waals surface area contributed by atoms with E-state index in [-0.39, 0.29) is 0 Å². The van der Waals surface area contributed by atoms with Gasteiger partial charge in [-0.2, -0.15) is 0 Å². The molecule has 0 amide bonds. The Balaban J connectivity index is 2.01. The zero-order chi connectivity index (χ0) is 13.0. The number of anilines is 2. The minimum absolute atomic E-state index is 0.772. The molecule has 0 unspecified atom stereocenters. The van der Waals surface area contributed by atoms with Crippen molar-refractivity contribution in [3.05, 3.63) is 59.1 Å². The van der Waals surface area contributed by atoms with E-state index in [0.717, 1.165) is 17.3 Å². The van der Waals surface area contributed by atoms with Crippen molar-refractivity contribution in [3.63, 3.8) is 0 Å². The molecule has 2 nitrogen and oxygen atoms in total. The fourth-order valence-electron chi connectivity index (χ4n) is 1.70. The van der Waals surface area contributed by atoms with E-state index in [1.807, 2.05) is 38.4 Å². The Morgan fingerprint density at radius 2 is 1.78 bits per heavy atom. The van der Waals surface area contributed by atoms with Gasteiger partial charge in [0.2, 0.25) is 0 Å². The summed E-state index contributed by atoms with van der Waals surface area (Å²) in [5.74, 6) is 0. The molecule has 1 N–H and O–H groups in total. The molecule has 0 aliphatic carbocycles. The summed E-state index contributed by atoms with van der Waals surface area (Å²) in [5.41, 5.74) is 3.53. The summed E-state index contributed by atoms with van der Waals surface area (Å²) >= 11 is 5.86. The van der Waals surface area contributed by atoms with Gasteiger partial charge in [0.25, 0.3) is 0 Å². The van der Waals surface area contributed by atoms with Crippen molar-refractivity contribution in [3.8, 4) is 0 Å². The highest BCUT2D eigenvalue weighted by atomic mass is 35.5. The van der Waals surface area contributed by atoms with Crippen molar-refractivity contribution >= 4 is 23.0 Å². The lowest BCUT2D eigenvalue weighted by atomic mass is 10.2. The second kappa shape index (κ2) is 5.78. The van der Waals surface area contributed by atoms with Crippen molar-refractivity contribution in [2.45, 2.75) is 6.54 Å². The molecule has 2 aromatic carbocycles. The van der Waals surface area contributed by atoms with Gasteiger partial charge in [0.05, 0.1) is 0 Å². The summed E-state index contributed by atoms with van der Waals surface area (Å²) in [7, 11) is 4.08. The third-order valence-corrected chi connectivity index (χ3v) is 3.02. The molecule has 0 bridgehead atoms. The lowest BCUT2D eigenvalue weighted by Crippen LogP contribution is -2.09. The van der Waals surface area contributed by atoms with Crippen LogP contribution in [0.2, 0.25) is 5.02 Å². The molecule has 0 saturated heterocycles. The number of hydrogen-bond acceptors (Lipinski definition) is 2. The van der Waals surface area contributed by atoms with E-state index in [9.17, 15) is 0 Å². The monoisotopic (exact) mass is 260 g/mol. The number of hydrogen-bond donors (Lipinski definition) is 1. The van der Waals surface area contributed by atoms with Crippen molar-refractivity contribution in [1.29, 1.82) is 0 Å². The van der Waals surface area contributed by atoms with Crippen LogP contribution in [0, 0.1) is 0 Å². The van der Waals surface area contributed by atoms with Gasteiger partial charge in [-0.05, 0) is 35.9 Å². The van der Waals surface area contributed by atoms with Crippen molar-refractivity contribution in [1.82, 2.24) is 0 Å². The Morgan fingerprint density at radius 3 is 2.44 bits per heavy atom. The van der Waals surface area contributed by atoms with E-state index < -0.39 is 0 Å². The van der Waals surface area contributed by atoms with Crippen LogP contribution in [-0.2, 0) is 6.54 Å². The van der Waals surface area contributed by atoms with Crippen LogP contribution in [-0.4, -0.2) is 14.1 Å². The van der Waals surface area contributed by atoms with Crippen LogP contribution in [0.5, 0.6) is 0 Å². The van der Waals surface area contributed by atoms with Gasteiger partial charge in [0.1, 0.15) is 0 Å². The van der Waals surface area contributed by atoms with E-state index in [4.69, 9.17) is 11.6 Å². The third kappa shape index (κ3) is 3.41. The molecule has 18 heavy (non-hydrogen) atoms. The number of nitrogens with zero attached hydrogens (tertiary/aromatic N) is 1. The van der Waals surface area contributed by atoms with E-state index in [1.54, 1.807) is 0 Å². The molecule has 0 radical (unpaired) electrons. The molecule has 0 saturated carbocycles. The van der Waals surface area contributed by atoms with Gasteiger partial charge < -0.3 is 10.2 Å². The summed E-state index contributed by atoms with van der Waals surface area (Å²) in [5, 5.41) is 4.18. The molecule has 0 fully saturated rings. The molecule has 2 rings (SSSR count). The first kappa shape index (κ1) is 12.8. The maximum atomic E-state index is 5.86. The van der Waals surface area contributed by atoms with Crippen LogP contribution < -0.4 is 10.2 Å². The summed E-state index contributed by atoms with van der Waals surface area (Å²) in [6.45, 7) is 0.800. The predicted molar refractivity (Wildman–Crippen MR) is 79.5 cm³/mol. The average molecular weight is 261 g/mol. The van der Waals surface area contributed by atoms with E-state index in [1.165, 1.54) is 11.3 Å².